The van der Waals surface area contributed by atoms with E-state index in [-0.39, 0.29) is 48.1 Å². The number of amides is 3. The number of rotatable bonds is 16. The molecule has 9 nitrogen and oxygen atoms in total. The van der Waals surface area contributed by atoms with Gasteiger partial charge >= 0.3 is 0 Å². The zero-order valence-electron chi connectivity index (χ0n) is 27.2. The molecular formula is C33H55N3O6. The van der Waals surface area contributed by atoms with Crippen molar-refractivity contribution in [2.45, 2.75) is 110 Å². The van der Waals surface area contributed by atoms with E-state index in [9.17, 15) is 19.5 Å². The van der Waals surface area contributed by atoms with Gasteiger partial charge in [0.2, 0.25) is 17.7 Å². The number of benzene rings is 1. The Morgan fingerprint density at radius 2 is 1.69 bits per heavy atom. The molecule has 1 aromatic rings. The van der Waals surface area contributed by atoms with Crippen molar-refractivity contribution < 1.29 is 29.0 Å². The standard InChI is InChI=1S/C33H55N3O6/c1-10-22(4)30(35(7)28(37)19-21(2)3)27(41-8)20-29(38)36-18-14-17-26(36)32(42-9)23(5)33(40)34-24(6)31(39)25-15-12-11-13-16-25/h11-13,15-16,21-24,26-27,30-32,39H,10,14,17-20H2,1-9H3,(H,34,40)/t22-,23+,24?,26?,27?,30?,31?,32+/m0/s1. The molecule has 2 N–H and O–H groups in total. The van der Waals surface area contributed by atoms with Crippen LogP contribution in [0, 0.1) is 17.8 Å². The van der Waals surface area contributed by atoms with E-state index in [0.29, 0.717) is 13.0 Å². The minimum Gasteiger partial charge on any atom is -0.386 e. The smallest absolute Gasteiger partial charge is 0.225 e. The summed E-state index contributed by atoms with van der Waals surface area (Å²) < 4.78 is 11.8. The van der Waals surface area contributed by atoms with Crippen LogP contribution in [-0.2, 0) is 23.9 Å². The Morgan fingerprint density at radius 1 is 1.05 bits per heavy atom. The number of likely N-dealkylation sites (N-methyl/N-ethyl adjacent to an activating group) is 1. The van der Waals surface area contributed by atoms with E-state index >= 15 is 0 Å². The summed E-state index contributed by atoms with van der Waals surface area (Å²) >= 11 is 0. The molecule has 0 saturated carbocycles. The lowest BCUT2D eigenvalue weighted by atomic mass is 9.90. The van der Waals surface area contributed by atoms with Crippen molar-refractivity contribution in [3.8, 4) is 0 Å². The summed E-state index contributed by atoms with van der Waals surface area (Å²) in [6.45, 7) is 12.4. The molecule has 2 rings (SSSR count). The average Bonchev–Trinajstić information content (AvgIpc) is 3.46. The molecule has 0 aliphatic carbocycles. The van der Waals surface area contributed by atoms with E-state index in [4.69, 9.17) is 9.47 Å². The van der Waals surface area contributed by atoms with Crippen LogP contribution in [0.3, 0.4) is 0 Å². The first kappa shape index (κ1) is 35.7. The van der Waals surface area contributed by atoms with Crippen LogP contribution in [0.4, 0.5) is 0 Å². The number of hydrogen-bond acceptors (Lipinski definition) is 6. The number of aliphatic hydroxyl groups excluding tert-OH is 1. The molecule has 1 saturated heterocycles. The molecule has 0 spiro atoms. The van der Waals surface area contributed by atoms with Gasteiger partial charge in [0.25, 0.3) is 0 Å². The Kier molecular flexibility index (Phi) is 14.4. The summed E-state index contributed by atoms with van der Waals surface area (Å²) in [5, 5.41) is 13.7. The van der Waals surface area contributed by atoms with Crippen LogP contribution in [0.25, 0.3) is 0 Å². The molecule has 238 valence electrons. The number of carbonyl (C=O) groups is 3. The molecule has 0 radical (unpaired) electrons. The van der Waals surface area contributed by atoms with E-state index in [0.717, 1.165) is 24.8 Å². The van der Waals surface area contributed by atoms with Gasteiger partial charge in [-0.3, -0.25) is 14.4 Å². The predicted octanol–water partition coefficient (Wildman–Crippen LogP) is 4.19. The van der Waals surface area contributed by atoms with Crippen molar-refractivity contribution in [1.82, 2.24) is 15.1 Å². The van der Waals surface area contributed by atoms with Gasteiger partial charge in [-0.05, 0) is 37.2 Å². The maximum absolute atomic E-state index is 13.8. The van der Waals surface area contributed by atoms with Crippen molar-refractivity contribution in [1.29, 1.82) is 0 Å². The largest absolute Gasteiger partial charge is 0.386 e. The summed E-state index contributed by atoms with van der Waals surface area (Å²) in [5.74, 6) is -0.424. The number of aliphatic hydroxyl groups is 1. The van der Waals surface area contributed by atoms with Gasteiger partial charge in [-0.1, -0.05) is 71.4 Å². The molecule has 1 heterocycles. The van der Waals surface area contributed by atoms with Gasteiger partial charge in [0.05, 0.1) is 48.8 Å². The number of ether oxygens (including phenoxy) is 2. The number of methoxy groups -OCH3 is 2. The zero-order valence-corrected chi connectivity index (χ0v) is 27.2. The SMILES string of the molecule is CC[C@H](C)C(C(CC(=O)N1CCCC1[C@H](OC)[C@@H](C)C(=O)NC(C)C(O)c1ccccc1)OC)N(C)C(=O)CC(C)C. The third-order valence-electron chi connectivity index (χ3n) is 8.87. The fourth-order valence-corrected chi connectivity index (χ4v) is 6.19. The summed E-state index contributed by atoms with van der Waals surface area (Å²) in [7, 11) is 4.99. The second-order valence-corrected chi connectivity index (χ2v) is 12.4. The van der Waals surface area contributed by atoms with Crippen LogP contribution in [0.1, 0.15) is 85.3 Å². The van der Waals surface area contributed by atoms with E-state index in [2.05, 4.69) is 19.2 Å². The summed E-state index contributed by atoms with van der Waals surface area (Å²) in [5.41, 5.74) is 0.730. The van der Waals surface area contributed by atoms with Gasteiger partial charge in [-0.25, -0.2) is 0 Å². The quantitative estimate of drug-likeness (QED) is 0.299. The third kappa shape index (κ3) is 9.25. The molecule has 1 fully saturated rings. The second-order valence-electron chi connectivity index (χ2n) is 12.4. The van der Waals surface area contributed by atoms with Crippen LogP contribution >= 0.6 is 0 Å². The Bertz CT molecular complexity index is 989. The third-order valence-corrected chi connectivity index (χ3v) is 8.87. The first-order valence-electron chi connectivity index (χ1n) is 15.5. The van der Waals surface area contributed by atoms with E-state index in [1.54, 1.807) is 33.0 Å². The zero-order chi connectivity index (χ0) is 31.6. The van der Waals surface area contributed by atoms with Crippen LogP contribution in [0.5, 0.6) is 0 Å². The maximum Gasteiger partial charge on any atom is 0.225 e. The molecule has 5 unspecified atom stereocenters. The Balaban J connectivity index is 2.15. The highest BCUT2D eigenvalue weighted by atomic mass is 16.5. The van der Waals surface area contributed by atoms with Gasteiger partial charge in [0.15, 0.2) is 0 Å². The van der Waals surface area contributed by atoms with Gasteiger partial charge in [0.1, 0.15) is 0 Å². The number of nitrogens with zero attached hydrogens (tertiary/aromatic N) is 2. The van der Waals surface area contributed by atoms with E-state index < -0.39 is 30.3 Å². The van der Waals surface area contributed by atoms with Gasteiger partial charge in [-0.15, -0.1) is 0 Å². The molecule has 1 aliphatic rings. The Labute approximate surface area is 253 Å². The van der Waals surface area contributed by atoms with Crippen molar-refractivity contribution in [2.24, 2.45) is 17.8 Å². The maximum atomic E-state index is 13.8. The van der Waals surface area contributed by atoms with Gasteiger partial charge in [-0.2, -0.15) is 0 Å². The molecular weight excluding hydrogens is 534 g/mol. The van der Waals surface area contributed by atoms with Crippen molar-refractivity contribution >= 4 is 17.7 Å². The van der Waals surface area contributed by atoms with Gasteiger partial charge in [0, 0.05) is 34.2 Å². The normalized spacial score (nSPS) is 20.4. The van der Waals surface area contributed by atoms with Crippen molar-refractivity contribution in [3.63, 3.8) is 0 Å². The summed E-state index contributed by atoms with van der Waals surface area (Å²) in [4.78, 5) is 43.7. The highest BCUT2D eigenvalue weighted by molar-refractivity contribution is 5.81. The van der Waals surface area contributed by atoms with Crippen molar-refractivity contribution in [2.75, 3.05) is 27.8 Å². The van der Waals surface area contributed by atoms with Crippen molar-refractivity contribution in [3.05, 3.63) is 35.9 Å². The Morgan fingerprint density at radius 3 is 2.24 bits per heavy atom. The number of nitrogens with one attached hydrogen (secondary N) is 1. The lowest BCUT2D eigenvalue weighted by Gasteiger charge is -2.39. The Hall–Kier alpha value is -2.49. The number of hydrogen-bond donors (Lipinski definition) is 2. The monoisotopic (exact) mass is 589 g/mol. The molecule has 0 bridgehead atoms. The van der Waals surface area contributed by atoms with Crippen LogP contribution in [-0.4, -0.2) is 90.8 Å². The predicted molar refractivity (Wildman–Crippen MR) is 165 cm³/mol. The molecule has 0 aromatic heterocycles. The van der Waals surface area contributed by atoms with E-state index in [1.807, 2.05) is 56.1 Å². The lowest BCUT2D eigenvalue weighted by Crippen LogP contribution is -2.53. The number of carbonyl (C=O) groups excluding carboxylic acids is 3. The number of likely N-dealkylation sites (tertiary alicyclic amines) is 1. The fraction of sp³-hybridized carbons (Fsp3) is 0.727. The van der Waals surface area contributed by atoms with Crippen LogP contribution in [0.2, 0.25) is 0 Å². The molecule has 8 atom stereocenters. The summed E-state index contributed by atoms with van der Waals surface area (Å²) in [6, 6.07) is 8.22. The topological polar surface area (TPSA) is 108 Å². The average molecular weight is 590 g/mol. The lowest BCUT2D eigenvalue weighted by molar-refractivity contribution is -0.146. The fourth-order valence-electron chi connectivity index (χ4n) is 6.19. The molecule has 3 amide bonds. The molecule has 1 aromatic carbocycles. The minimum absolute atomic E-state index is 0.0507. The van der Waals surface area contributed by atoms with Crippen LogP contribution < -0.4 is 5.32 Å². The molecule has 9 heteroatoms. The molecule has 42 heavy (non-hydrogen) atoms. The molecule has 1 aliphatic heterocycles. The first-order chi connectivity index (χ1) is 19.9. The summed E-state index contributed by atoms with van der Waals surface area (Å²) in [6.07, 6.45) is 1.15. The highest BCUT2D eigenvalue weighted by Gasteiger charge is 2.42. The van der Waals surface area contributed by atoms with E-state index in [1.165, 1.54) is 0 Å². The van der Waals surface area contributed by atoms with Gasteiger partial charge < -0.3 is 29.7 Å². The second kappa shape index (κ2) is 17.0. The minimum atomic E-state index is -0.845. The highest BCUT2D eigenvalue weighted by Crippen LogP contribution is 2.30. The first-order valence-corrected chi connectivity index (χ1v) is 15.5. The van der Waals surface area contributed by atoms with Crippen LogP contribution in [0.15, 0.2) is 30.3 Å².